The second kappa shape index (κ2) is 6.51. The monoisotopic (exact) mass is 224 g/mol. The Balaban J connectivity index is 0.00000144. The highest BCUT2D eigenvalue weighted by Gasteiger charge is 2.21. The third-order valence-corrected chi connectivity index (χ3v) is 2.66. The first-order valence-corrected chi connectivity index (χ1v) is 5.44. The number of nitrogens with one attached hydrogen (secondary N) is 2. The predicted molar refractivity (Wildman–Crippen MR) is 59.3 cm³/mol. The van der Waals surface area contributed by atoms with Crippen LogP contribution in [-0.4, -0.2) is 30.1 Å². The van der Waals surface area contributed by atoms with E-state index in [1.54, 1.807) is 11.8 Å². The van der Waals surface area contributed by atoms with Crippen LogP contribution in [0.4, 0.5) is 0 Å². The lowest BCUT2D eigenvalue weighted by Crippen LogP contribution is -2.43. The first kappa shape index (κ1) is 13.1. The van der Waals surface area contributed by atoms with Crippen LogP contribution in [0.1, 0.15) is 13.8 Å². The Morgan fingerprint density at radius 1 is 1.69 bits per heavy atom. The van der Waals surface area contributed by atoms with Gasteiger partial charge in [0.2, 0.25) is 5.91 Å². The van der Waals surface area contributed by atoms with Gasteiger partial charge in [-0.3, -0.25) is 10.1 Å². The molecular formula is C8H17ClN2OS. The number of carbonyl (C=O) groups is 1. The van der Waals surface area contributed by atoms with Crippen LogP contribution in [0, 0.1) is 5.92 Å². The molecule has 0 aromatic carbocycles. The van der Waals surface area contributed by atoms with E-state index < -0.39 is 0 Å². The van der Waals surface area contributed by atoms with Crippen molar-refractivity contribution in [3.63, 3.8) is 0 Å². The molecule has 3 nitrogen and oxygen atoms in total. The van der Waals surface area contributed by atoms with Gasteiger partial charge in [0.05, 0.1) is 6.04 Å². The minimum Gasteiger partial charge on any atom is -0.354 e. The first-order chi connectivity index (χ1) is 5.70. The van der Waals surface area contributed by atoms with Crippen LogP contribution in [0.2, 0.25) is 0 Å². The number of hydrogen-bond donors (Lipinski definition) is 2. The van der Waals surface area contributed by atoms with E-state index in [9.17, 15) is 4.79 Å². The van der Waals surface area contributed by atoms with E-state index in [-0.39, 0.29) is 24.4 Å². The van der Waals surface area contributed by atoms with E-state index in [0.29, 0.717) is 5.92 Å². The summed E-state index contributed by atoms with van der Waals surface area (Å²) in [5, 5.41) is 6.04. The SMILES string of the molecule is CC(C)CNC(=O)C1CSCN1.Cl. The van der Waals surface area contributed by atoms with Crippen LogP contribution >= 0.6 is 24.2 Å². The molecule has 1 aliphatic rings. The number of hydrogen-bond acceptors (Lipinski definition) is 3. The largest absolute Gasteiger partial charge is 0.354 e. The standard InChI is InChI=1S/C8H16N2OS.ClH/c1-6(2)3-9-8(11)7-4-12-5-10-7;/h6-7,10H,3-5H2,1-2H3,(H,9,11);1H. The van der Waals surface area contributed by atoms with Gasteiger partial charge in [-0.05, 0) is 5.92 Å². The molecule has 1 heterocycles. The number of amides is 1. The Morgan fingerprint density at radius 3 is 2.85 bits per heavy atom. The third kappa shape index (κ3) is 4.74. The predicted octanol–water partition coefficient (Wildman–Crippen LogP) is 0.843. The second-order valence-corrected chi connectivity index (χ2v) is 4.44. The summed E-state index contributed by atoms with van der Waals surface area (Å²) in [5.41, 5.74) is 0. The summed E-state index contributed by atoms with van der Waals surface area (Å²) in [5.74, 6) is 2.49. The van der Waals surface area contributed by atoms with E-state index in [2.05, 4.69) is 24.5 Å². The van der Waals surface area contributed by atoms with Gasteiger partial charge in [0.1, 0.15) is 0 Å². The van der Waals surface area contributed by atoms with Crippen LogP contribution in [-0.2, 0) is 4.79 Å². The molecule has 0 bridgehead atoms. The molecular weight excluding hydrogens is 208 g/mol. The van der Waals surface area contributed by atoms with Gasteiger partial charge in [0.15, 0.2) is 0 Å². The lowest BCUT2D eigenvalue weighted by molar-refractivity contribution is -0.122. The van der Waals surface area contributed by atoms with Crippen molar-refractivity contribution >= 4 is 30.1 Å². The van der Waals surface area contributed by atoms with Gasteiger partial charge in [-0.15, -0.1) is 24.2 Å². The maximum Gasteiger partial charge on any atom is 0.238 e. The average Bonchev–Trinajstić information content (AvgIpc) is 2.51. The normalized spacial score (nSPS) is 21.3. The Morgan fingerprint density at radius 2 is 2.38 bits per heavy atom. The number of carbonyl (C=O) groups excluding carboxylic acids is 1. The topological polar surface area (TPSA) is 41.1 Å². The van der Waals surface area contributed by atoms with Crippen molar-refractivity contribution in [2.75, 3.05) is 18.2 Å². The van der Waals surface area contributed by atoms with E-state index in [1.165, 1.54) is 0 Å². The zero-order chi connectivity index (χ0) is 8.97. The smallest absolute Gasteiger partial charge is 0.238 e. The summed E-state index contributed by atoms with van der Waals surface area (Å²) in [6.45, 7) is 4.97. The molecule has 0 aromatic heterocycles. The van der Waals surface area contributed by atoms with E-state index in [0.717, 1.165) is 18.2 Å². The molecule has 0 aliphatic carbocycles. The molecule has 1 atom stereocenters. The van der Waals surface area contributed by atoms with E-state index in [1.807, 2.05) is 0 Å². The fourth-order valence-electron chi connectivity index (χ4n) is 0.992. The summed E-state index contributed by atoms with van der Waals surface area (Å²) in [4.78, 5) is 11.4. The molecule has 78 valence electrons. The summed E-state index contributed by atoms with van der Waals surface area (Å²) < 4.78 is 0. The van der Waals surface area contributed by atoms with Gasteiger partial charge < -0.3 is 5.32 Å². The quantitative estimate of drug-likeness (QED) is 0.747. The summed E-state index contributed by atoms with van der Waals surface area (Å²) in [7, 11) is 0. The molecule has 1 aliphatic heterocycles. The Kier molecular flexibility index (Phi) is 6.55. The highest BCUT2D eigenvalue weighted by atomic mass is 35.5. The fourth-order valence-corrected chi connectivity index (χ4v) is 1.93. The van der Waals surface area contributed by atoms with E-state index >= 15 is 0 Å². The molecule has 1 saturated heterocycles. The Bertz CT molecular complexity index is 160. The van der Waals surface area contributed by atoms with Crippen molar-refractivity contribution < 1.29 is 4.79 Å². The maximum atomic E-state index is 11.4. The van der Waals surface area contributed by atoms with Crippen LogP contribution in [0.3, 0.4) is 0 Å². The summed E-state index contributed by atoms with van der Waals surface area (Å²) in [6, 6.07) is 0.0359. The second-order valence-electron chi connectivity index (χ2n) is 3.41. The minimum atomic E-state index is 0. The highest BCUT2D eigenvalue weighted by Crippen LogP contribution is 2.09. The molecule has 1 amide bonds. The fraction of sp³-hybridized carbons (Fsp3) is 0.875. The van der Waals surface area contributed by atoms with Crippen LogP contribution < -0.4 is 10.6 Å². The van der Waals surface area contributed by atoms with Crippen molar-refractivity contribution in [3.05, 3.63) is 0 Å². The Labute approximate surface area is 89.8 Å². The zero-order valence-electron chi connectivity index (χ0n) is 8.00. The van der Waals surface area contributed by atoms with Gasteiger partial charge in [0.25, 0.3) is 0 Å². The lowest BCUT2D eigenvalue weighted by Gasteiger charge is -2.11. The number of thioether (sulfide) groups is 1. The van der Waals surface area contributed by atoms with Crippen molar-refractivity contribution in [2.24, 2.45) is 5.92 Å². The number of halogens is 1. The molecule has 0 spiro atoms. The molecule has 0 saturated carbocycles. The summed E-state index contributed by atoms with van der Waals surface area (Å²) >= 11 is 1.77. The highest BCUT2D eigenvalue weighted by molar-refractivity contribution is 7.99. The molecule has 0 aromatic rings. The molecule has 1 unspecified atom stereocenters. The van der Waals surface area contributed by atoms with Crippen molar-refractivity contribution in [1.82, 2.24) is 10.6 Å². The summed E-state index contributed by atoms with van der Waals surface area (Å²) in [6.07, 6.45) is 0. The van der Waals surface area contributed by atoms with Gasteiger partial charge in [-0.2, -0.15) is 0 Å². The molecule has 1 rings (SSSR count). The first-order valence-electron chi connectivity index (χ1n) is 4.29. The Hall–Kier alpha value is 0.0700. The van der Waals surface area contributed by atoms with Gasteiger partial charge >= 0.3 is 0 Å². The van der Waals surface area contributed by atoms with Gasteiger partial charge in [-0.1, -0.05) is 13.8 Å². The van der Waals surface area contributed by atoms with Crippen LogP contribution in [0.15, 0.2) is 0 Å². The molecule has 5 heteroatoms. The van der Waals surface area contributed by atoms with Crippen LogP contribution in [0.5, 0.6) is 0 Å². The average molecular weight is 225 g/mol. The number of rotatable bonds is 3. The molecule has 2 N–H and O–H groups in total. The van der Waals surface area contributed by atoms with Gasteiger partial charge in [-0.25, -0.2) is 0 Å². The van der Waals surface area contributed by atoms with Crippen LogP contribution in [0.25, 0.3) is 0 Å². The maximum absolute atomic E-state index is 11.4. The minimum absolute atomic E-state index is 0. The van der Waals surface area contributed by atoms with Crippen molar-refractivity contribution in [3.8, 4) is 0 Å². The van der Waals surface area contributed by atoms with Crippen molar-refractivity contribution in [1.29, 1.82) is 0 Å². The van der Waals surface area contributed by atoms with E-state index in [4.69, 9.17) is 0 Å². The van der Waals surface area contributed by atoms with Crippen molar-refractivity contribution in [2.45, 2.75) is 19.9 Å². The zero-order valence-corrected chi connectivity index (χ0v) is 9.63. The molecule has 0 radical (unpaired) electrons. The molecule has 13 heavy (non-hydrogen) atoms. The third-order valence-electron chi connectivity index (χ3n) is 1.72. The lowest BCUT2D eigenvalue weighted by atomic mass is 10.2. The van der Waals surface area contributed by atoms with Gasteiger partial charge in [0, 0.05) is 18.2 Å². The molecule has 1 fully saturated rings.